The van der Waals surface area contributed by atoms with Crippen molar-refractivity contribution in [3.05, 3.63) is 64.1 Å². The van der Waals surface area contributed by atoms with Crippen molar-refractivity contribution in [2.24, 2.45) is 0 Å². The number of aromatic carboxylic acids is 1. The Morgan fingerprint density at radius 3 is 2.37 bits per heavy atom. The molecule has 0 heterocycles. The molecular formula is C14H11BrO3S. The summed E-state index contributed by atoms with van der Waals surface area (Å²) in [6, 6.07) is 13.9. The van der Waals surface area contributed by atoms with E-state index in [4.69, 9.17) is 5.11 Å². The van der Waals surface area contributed by atoms with Gasteiger partial charge in [0.05, 0.1) is 27.0 Å². The monoisotopic (exact) mass is 338 g/mol. The number of carboxylic acid groups (broad SMARTS) is 1. The molecule has 0 spiro atoms. The van der Waals surface area contributed by atoms with Crippen LogP contribution in [0.2, 0.25) is 0 Å². The number of halogens is 1. The summed E-state index contributed by atoms with van der Waals surface area (Å²) in [5.74, 6) is -0.753. The van der Waals surface area contributed by atoms with Crippen LogP contribution in [0.3, 0.4) is 0 Å². The molecule has 0 amide bonds. The third kappa shape index (κ3) is 3.52. The van der Waals surface area contributed by atoms with E-state index in [1.54, 1.807) is 18.2 Å². The number of carbonyl (C=O) groups is 1. The molecule has 1 N–H and O–H groups in total. The molecule has 0 aliphatic rings. The van der Waals surface area contributed by atoms with E-state index in [-0.39, 0.29) is 5.56 Å². The Kier molecular flexibility index (Phi) is 4.50. The minimum absolute atomic E-state index is 0.0953. The van der Waals surface area contributed by atoms with Gasteiger partial charge in [0.25, 0.3) is 0 Å². The lowest BCUT2D eigenvalue weighted by Crippen LogP contribution is -2.05. The molecule has 0 aromatic heterocycles. The molecule has 0 aliphatic carbocycles. The van der Waals surface area contributed by atoms with E-state index in [1.807, 2.05) is 24.3 Å². The van der Waals surface area contributed by atoms with Crippen molar-refractivity contribution in [1.29, 1.82) is 0 Å². The van der Waals surface area contributed by atoms with Crippen LogP contribution in [-0.4, -0.2) is 15.3 Å². The highest BCUT2D eigenvalue weighted by Crippen LogP contribution is 2.18. The second kappa shape index (κ2) is 6.12. The van der Waals surface area contributed by atoms with Crippen molar-refractivity contribution < 1.29 is 14.1 Å². The van der Waals surface area contributed by atoms with Crippen LogP contribution >= 0.6 is 15.9 Å². The molecule has 1 atom stereocenters. The molecule has 0 unspecified atom stereocenters. The molecule has 0 saturated carbocycles. The van der Waals surface area contributed by atoms with Crippen LogP contribution in [0.25, 0.3) is 0 Å². The summed E-state index contributed by atoms with van der Waals surface area (Å²) >= 11 is 3.33. The minimum atomic E-state index is -1.37. The van der Waals surface area contributed by atoms with E-state index < -0.39 is 16.8 Å². The number of carboxylic acids is 1. The van der Waals surface area contributed by atoms with Crippen LogP contribution in [0.1, 0.15) is 15.9 Å². The van der Waals surface area contributed by atoms with Gasteiger partial charge in [0, 0.05) is 4.47 Å². The summed E-state index contributed by atoms with van der Waals surface area (Å²) in [4.78, 5) is 11.4. The van der Waals surface area contributed by atoms with Gasteiger partial charge in [0.15, 0.2) is 0 Å². The normalized spacial score (nSPS) is 12.1. The lowest BCUT2D eigenvalue weighted by Gasteiger charge is -2.06. The maximum absolute atomic E-state index is 12.3. The van der Waals surface area contributed by atoms with Gasteiger partial charge in [-0.05, 0) is 29.8 Å². The molecule has 0 aliphatic heterocycles. The summed E-state index contributed by atoms with van der Waals surface area (Å²) < 4.78 is 13.2. The van der Waals surface area contributed by atoms with Gasteiger partial charge in [0.1, 0.15) is 0 Å². The predicted molar refractivity (Wildman–Crippen MR) is 77.7 cm³/mol. The second-order valence-electron chi connectivity index (χ2n) is 3.92. The molecule has 98 valence electrons. The molecule has 5 heteroatoms. The molecule has 0 saturated heterocycles. The highest BCUT2D eigenvalue weighted by atomic mass is 79.9. The first-order valence-electron chi connectivity index (χ1n) is 5.53. The Morgan fingerprint density at radius 1 is 1.11 bits per heavy atom. The predicted octanol–water partition coefficient (Wildman–Crippen LogP) is 3.46. The molecule has 3 nitrogen and oxygen atoms in total. The van der Waals surface area contributed by atoms with Gasteiger partial charge in [-0.25, -0.2) is 4.79 Å². The second-order valence-corrected chi connectivity index (χ2v) is 6.25. The van der Waals surface area contributed by atoms with Crippen LogP contribution in [0.15, 0.2) is 57.9 Å². The molecular weight excluding hydrogens is 328 g/mol. The van der Waals surface area contributed by atoms with Crippen LogP contribution in [-0.2, 0) is 16.6 Å². The van der Waals surface area contributed by atoms with Gasteiger partial charge in [-0.1, -0.05) is 40.2 Å². The van der Waals surface area contributed by atoms with Crippen molar-refractivity contribution in [2.75, 3.05) is 0 Å². The fourth-order valence-electron chi connectivity index (χ4n) is 1.65. The first-order chi connectivity index (χ1) is 9.08. The average Bonchev–Trinajstić information content (AvgIpc) is 2.41. The topological polar surface area (TPSA) is 54.4 Å². The highest BCUT2D eigenvalue weighted by molar-refractivity contribution is 9.10. The molecule has 0 radical (unpaired) electrons. The van der Waals surface area contributed by atoms with Gasteiger partial charge in [0.2, 0.25) is 0 Å². The quantitative estimate of drug-likeness (QED) is 0.928. The van der Waals surface area contributed by atoms with E-state index in [9.17, 15) is 9.00 Å². The molecule has 2 rings (SSSR count). The smallest absolute Gasteiger partial charge is 0.336 e. The number of rotatable bonds is 4. The van der Waals surface area contributed by atoms with E-state index in [1.165, 1.54) is 6.07 Å². The minimum Gasteiger partial charge on any atom is -0.478 e. The van der Waals surface area contributed by atoms with Gasteiger partial charge in [-0.15, -0.1) is 0 Å². The zero-order chi connectivity index (χ0) is 13.8. The van der Waals surface area contributed by atoms with E-state index in [0.717, 1.165) is 10.0 Å². The largest absolute Gasteiger partial charge is 0.478 e. The van der Waals surface area contributed by atoms with Gasteiger partial charge >= 0.3 is 5.97 Å². The first kappa shape index (κ1) is 14.0. The third-order valence-corrected chi connectivity index (χ3v) is 4.54. The Hall–Kier alpha value is -1.46. The van der Waals surface area contributed by atoms with Crippen LogP contribution in [0.5, 0.6) is 0 Å². The van der Waals surface area contributed by atoms with Crippen molar-refractivity contribution in [2.45, 2.75) is 10.6 Å². The molecule has 0 bridgehead atoms. The summed E-state index contributed by atoms with van der Waals surface area (Å²) in [6.45, 7) is 0. The van der Waals surface area contributed by atoms with Crippen molar-refractivity contribution >= 4 is 32.7 Å². The SMILES string of the molecule is O=C(O)c1ccccc1[S@](=O)Cc1ccc(Br)cc1. The number of hydrogen-bond donors (Lipinski definition) is 1. The zero-order valence-electron chi connectivity index (χ0n) is 9.88. The van der Waals surface area contributed by atoms with E-state index >= 15 is 0 Å². The zero-order valence-corrected chi connectivity index (χ0v) is 12.3. The molecule has 0 fully saturated rings. The lowest BCUT2D eigenvalue weighted by molar-refractivity contribution is 0.0693. The van der Waals surface area contributed by atoms with E-state index in [0.29, 0.717) is 10.6 Å². The maximum atomic E-state index is 12.3. The molecule has 2 aromatic carbocycles. The third-order valence-electron chi connectivity index (χ3n) is 2.57. The van der Waals surface area contributed by atoms with Crippen LogP contribution in [0, 0.1) is 0 Å². The Balaban J connectivity index is 2.25. The number of hydrogen-bond acceptors (Lipinski definition) is 2. The summed E-state index contributed by atoms with van der Waals surface area (Å²) in [5, 5.41) is 9.08. The van der Waals surface area contributed by atoms with Crippen molar-refractivity contribution in [1.82, 2.24) is 0 Å². The fourth-order valence-corrected chi connectivity index (χ4v) is 3.20. The van der Waals surface area contributed by atoms with Crippen molar-refractivity contribution in [3.8, 4) is 0 Å². The Bertz CT molecular complexity index is 623. The summed E-state index contributed by atoms with van der Waals surface area (Å²) in [5.41, 5.74) is 1.000. The standard InChI is InChI=1S/C14H11BrO3S/c15-11-7-5-10(6-8-11)9-19(18)13-4-2-1-3-12(13)14(16)17/h1-8H,9H2,(H,16,17)/t19-/m1/s1. The molecule has 2 aromatic rings. The molecule has 19 heavy (non-hydrogen) atoms. The Morgan fingerprint density at radius 2 is 1.74 bits per heavy atom. The highest BCUT2D eigenvalue weighted by Gasteiger charge is 2.14. The van der Waals surface area contributed by atoms with Crippen LogP contribution in [0.4, 0.5) is 0 Å². The average molecular weight is 339 g/mol. The Labute approximate surface area is 121 Å². The summed E-state index contributed by atoms with van der Waals surface area (Å²) in [6.07, 6.45) is 0. The van der Waals surface area contributed by atoms with Gasteiger partial charge in [-0.2, -0.15) is 0 Å². The lowest BCUT2D eigenvalue weighted by atomic mass is 10.2. The number of benzene rings is 2. The van der Waals surface area contributed by atoms with Gasteiger partial charge < -0.3 is 5.11 Å². The van der Waals surface area contributed by atoms with Crippen molar-refractivity contribution in [3.63, 3.8) is 0 Å². The van der Waals surface area contributed by atoms with Gasteiger partial charge in [-0.3, -0.25) is 4.21 Å². The van der Waals surface area contributed by atoms with E-state index in [2.05, 4.69) is 15.9 Å². The maximum Gasteiger partial charge on any atom is 0.336 e. The summed E-state index contributed by atoms with van der Waals surface area (Å²) in [7, 11) is -1.37. The van der Waals surface area contributed by atoms with Crippen LogP contribution < -0.4 is 0 Å². The first-order valence-corrected chi connectivity index (χ1v) is 7.64. The fraction of sp³-hybridized carbons (Fsp3) is 0.0714.